The molecule has 0 bridgehead atoms. The van der Waals surface area contributed by atoms with Crippen LogP contribution in [-0.4, -0.2) is 75.6 Å². The van der Waals surface area contributed by atoms with Gasteiger partial charge in [-0.25, -0.2) is 0 Å². The minimum atomic E-state index is -0.550. The number of hydrogen-bond donors (Lipinski definition) is 0. The van der Waals surface area contributed by atoms with E-state index >= 15 is 0 Å². The number of likely N-dealkylation sites (tertiary alicyclic amines) is 1. The van der Waals surface area contributed by atoms with Crippen molar-refractivity contribution in [2.75, 3.05) is 31.3 Å². The summed E-state index contributed by atoms with van der Waals surface area (Å²) in [7, 11) is 0. The summed E-state index contributed by atoms with van der Waals surface area (Å²) in [6, 6.07) is 2.47. The van der Waals surface area contributed by atoms with Gasteiger partial charge in [-0.2, -0.15) is 0 Å². The third kappa shape index (κ3) is 3.62. The fourth-order valence-electron chi connectivity index (χ4n) is 3.93. The molecule has 1 atom stereocenters. The first-order valence-electron chi connectivity index (χ1n) is 9.40. The molecule has 0 N–H and O–H groups in total. The minimum absolute atomic E-state index is 0.0138. The zero-order chi connectivity index (χ0) is 20.7. The Balaban J connectivity index is 1.43. The highest BCUT2D eigenvalue weighted by molar-refractivity contribution is 7.99. The third-order valence-corrected chi connectivity index (χ3v) is 7.12. The molecule has 0 unspecified atom stereocenters. The highest BCUT2D eigenvalue weighted by Gasteiger charge is 2.41. The number of benzene rings is 1. The first-order chi connectivity index (χ1) is 13.9. The molecule has 1 aromatic carbocycles. The smallest absolute Gasteiger partial charge is 0.263 e. The average molecular weight is 456 g/mol. The second-order valence-electron chi connectivity index (χ2n) is 7.20. The van der Waals surface area contributed by atoms with Gasteiger partial charge in [0.1, 0.15) is 6.04 Å². The van der Waals surface area contributed by atoms with Gasteiger partial charge in [0, 0.05) is 31.8 Å². The van der Waals surface area contributed by atoms with E-state index in [1.165, 1.54) is 23.9 Å². The topological polar surface area (TPSA) is 78.0 Å². The van der Waals surface area contributed by atoms with Crippen molar-refractivity contribution in [2.45, 2.75) is 25.3 Å². The van der Waals surface area contributed by atoms with Gasteiger partial charge in [-0.15, -0.1) is 11.8 Å². The Morgan fingerprint density at radius 3 is 2.21 bits per heavy atom. The van der Waals surface area contributed by atoms with Gasteiger partial charge in [0.05, 0.1) is 27.0 Å². The molecule has 4 amide bonds. The summed E-state index contributed by atoms with van der Waals surface area (Å²) in [5.41, 5.74) is 0.158. The first-order valence-corrected chi connectivity index (χ1v) is 11.3. The van der Waals surface area contributed by atoms with Gasteiger partial charge in [0.25, 0.3) is 11.8 Å². The van der Waals surface area contributed by atoms with Crippen LogP contribution in [0, 0.1) is 0 Å². The predicted molar refractivity (Wildman–Crippen MR) is 110 cm³/mol. The lowest BCUT2D eigenvalue weighted by Crippen LogP contribution is -2.48. The SMILES string of the molecule is O=C([C@@H]1CSCN1C(=O)CCN1C(=O)c2c(Cl)ccc(Cl)c2C1=O)N1CCCC1. The molecule has 0 aliphatic carbocycles. The van der Waals surface area contributed by atoms with Crippen LogP contribution in [0.3, 0.4) is 0 Å². The second kappa shape index (κ2) is 8.16. The molecule has 2 saturated heterocycles. The summed E-state index contributed by atoms with van der Waals surface area (Å²) < 4.78 is 0. The number of rotatable bonds is 4. The molecule has 0 spiro atoms. The van der Waals surface area contributed by atoms with Crippen LogP contribution >= 0.6 is 35.0 Å². The molecule has 4 rings (SSSR count). The normalized spacial score (nSPS) is 21.3. The number of carbonyl (C=O) groups excluding carboxylic acids is 4. The monoisotopic (exact) mass is 455 g/mol. The average Bonchev–Trinajstić information content (AvgIpc) is 3.44. The third-order valence-electron chi connectivity index (χ3n) is 5.48. The summed E-state index contributed by atoms with van der Waals surface area (Å²) in [5, 5.41) is 0.313. The van der Waals surface area contributed by atoms with Gasteiger partial charge in [0.15, 0.2) is 0 Å². The molecule has 10 heteroatoms. The highest BCUT2D eigenvalue weighted by Crippen LogP contribution is 2.34. The lowest BCUT2D eigenvalue weighted by atomic mass is 10.1. The van der Waals surface area contributed by atoms with Crippen molar-refractivity contribution in [1.82, 2.24) is 14.7 Å². The maximum atomic E-state index is 12.8. The standard InChI is InChI=1S/C19H19Cl2N3O4S/c20-11-3-4-12(21)16-15(11)18(27)23(19(16)28)8-5-14(25)24-10-29-9-13(24)17(26)22-6-1-2-7-22/h3-4,13H,1-2,5-10H2/t13-/m0/s1. The summed E-state index contributed by atoms with van der Waals surface area (Å²) in [6.07, 6.45) is 1.93. The van der Waals surface area contributed by atoms with E-state index < -0.39 is 17.9 Å². The fraction of sp³-hybridized carbons (Fsp3) is 0.474. The number of fused-ring (bicyclic) bond motifs is 1. The molecule has 3 heterocycles. The predicted octanol–water partition coefficient (Wildman–Crippen LogP) is 2.50. The Kier molecular flexibility index (Phi) is 5.77. The molecule has 1 aromatic rings. The molecule has 2 fully saturated rings. The lowest BCUT2D eigenvalue weighted by molar-refractivity contribution is -0.142. The van der Waals surface area contributed by atoms with Crippen LogP contribution < -0.4 is 0 Å². The van der Waals surface area contributed by atoms with Crippen LogP contribution in [0.15, 0.2) is 12.1 Å². The molecule has 154 valence electrons. The largest absolute Gasteiger partial charge is 0.341 e. The van der Waals surface area contributed by atoms with Crippen LogP contribution in [0.1, 0.15) is 40.0 Å². The molecule has 29 heavy (non-hydrogen) atoms. The van der Waals surface area contributed by atoms with Crippen molar-refractivity contribution in [2.24, 2.45) is 0 Å². The van der Waals surface area contributed by atoms with E-state index in [1.807, 2.05) is 4.90 Å². The zero-order valence-corrected chi connectivity index (χ0v) is 17.9. The summed E-state index contributed by atoms with van der Waals surface area (Å²) in [5.74, 6) is -0.361. The van der Waals surface area contributed by atoms with Crippen molar-refractivity contribution in [3.05, 3.63) is 33.3 Å². The van der Waals surface area contributed by atoms with Crippen LogP contribution in [0.25, 0.3) is 0 Å². The molecule has 3 aliphatic heterocycles. The molecule has 3 aliphatic rings. The van der Waals surface area contributed by atoms with Gasteiger partial charge in [0.2, 0.25) is 11.8 Å². The van der Waals surface area contributed by atoms with E-state index in [9.17, 15) is 19.2 Å². The first kappa shape index (κ1) is 20.5. The van der Waals surface area contributed by atoms with E-state index in [0.717, 1.165) is 30.8 Å². The number of hydrogen-bond acceptors (Lipinski definition) is 5. The number of nitrogens with zero attached hydrogens (tertiary/aromatic N) is 3. The Hall–Kier alpha value is -1.77. The Labute approximate surface area is 182 Å². The minimum Gasteiger partial charge on any atom is -0.341 e. The van der Waals surface area contributed by atoms with E-state index in [4.69, 9.17) is 23.2 Å². The van der Waals surface area contributed by atoms with Gasteiger partial charge in [-0.1, -0.05) is 23.2 Å². The lowest BCUT2D eigenvalue weighted by Gasteiger charge is -2.27. The van der Waals surface area contributed by atoms with E-state index in [2.05, 4.69) is 0 Å². The van der Waals surface area contributed by atoms with Crippen molar-refractivity contribution < 1.29 is 19.2 Å². The van der Waals surface area contributed by atoms with Gasteiger partial charge in [-0.05, 0) is 25.0 Å². The maximum Gasteiger partial charge on any atom is 0.263 e. The summed E-state index contributed by atoms with van der Waals surface area (Å²) >= 11 is 13.7. The van der Waals surface area contributed by atoms with Gasteiger partial charge in [-0.3, -0.25) is 24.1 Å². The van der Waals surface area contributed by atoms with Crippen molar-refractivity contribution >= 4 is 58.6 Å². The summed E-state index contributed by atoms with van der Waals surface area (Å²) in [6.45, 7) is 1.39. The number of carbonyl (C=O) groups is 4. The van der Waals surface area contributed by atoms with Crippen LogP contribution in [0.2, 0.25) is 10.0 Å². The van der Waals surface area contributed by atoms with Crippen LogP contribution in [0.5, 0.6) is 0 Å². The molecular weight excluding hydrogens is 437 g/mol. The number of imide groups is 1. The van der Waals surface area contributed by atoms with E-state index in [-0.39, 0.29) is 46.0 Å². The van der Waals surface area contributed by atoms with Crippen LogP contribution in [-0.2, 0) is 9.59 Å². The van der Waals surface area contributed by atoms with Crippen molar-refractivity contribution in [3.63, 3.8) is 0 Å². The van der Waals surface area contributed by atoms with E-state index in [0.29, 0.717) is 11.6 Å². The maximum absolute atomic E-state index is 12.8. The number of amides is 4. The Morgan fingerprint density at radius 1 is 1.03 bits per heavy atom. The molecule has 7 nitrogen and oxygen atoms in total. The molecule has 0 saturated carbocycles. The molecular formula is C19H19Cl2N3O4S. The van der Waals surface area contributed by atoms with Crippen molar-refractivity contribution in [1.29, 1.82) is 0 Å². The second-order valence-corrected chi connectivity index (χ2v) is 9.02. The van der Waals surface area contributed by atoms with Crippen molar-refractivity contribution in [3.8, 4) is 0 Å². The number of thioether (sulfide) groups is 1. The quantitative estimate of drug-likeness (QED) is 0.651. The van der Waals surface area contributed by atoms with Gasteiger partial charge >= 0.3 is 0 Å². The zero-order valence-electron chi connectivity index (χ0n) is 15.5. The highest BCUT2D eigenvalue weighted by atomic mass is 35.5. The molecule has 0 aromatic heterocycles. The van der Waals surface area contributed by atoms with Crippen LogP contribution in [0.4, 0.5) is 0 Å². The number of halogens is 2. The Bertz CT molecular complexity index is 863. The summed E-state index contributed by atoms with van der Waals surface area (Å²) in [4.78, 5) is 55.1. The van der Waals surface area contributed by atoms with E-state index in [1.54, 1.807) is 4.90 Å². The molecule has 0 radical (unpaired) electrons. The Morgan fingerprint density at radius 2 is 1.62 bits per heavy atom. The van der Waals surface area contributed by atoms with Gasteiger partial charge < -0.3 is 9.80 Å². The fourth-order valence-corrected chi connectivity index (χ4v) is 5.58.